The molecule has 0 spiro atoms. The van der Waals surface area contributed by atoms with Crippen LogP contribution in [0.25, 0.3) is 11.1 Å². The summed E-state index contributed by atoms with van der Waals surface area (Å²) in [6.45, 7) is 5.44. The molecule has 0 amide bonds. The standard InChI is InChI=1S/C20H17BSi/c1-22(2)18-12-6-5-11-17(18)21-16-10-4-3-8-14(16)15-9-7-13-19(22)20(15)21/h3-13H,1-2H3. The number of rotatable bonds is 0. The van der Waals surface area contributed by atoms with Crippen LogP contribution in [-0.2, 0) is 0 Å². The number of hydrogen-bond donors (Lipinski definition) is 0. The number of fused-ring (bicyclic) bond motifs is 5. The van der Waals surface area contributed by atoms with Gasteiger partial charge >= 0.3 is 0 Å². The van der Waals surface area contributed by atoms with Crippen LogP contribution >= 0.6 is 0 Å². The minimum atomic E-state index is -1.60. The molecule has 0 saturated carbocycles. The van der Waals surface area contributed by atoms with Gasteiger partial charge in [0.05, 0.1) is 0 Å². The van der Waals surface area contributed by atoms with E-state index in [1.807, 2.05) is 0 Å². The van der Waals surface area contributed by atoms with Gasteiger partial charge in [0.2, 0.25) is 6.71 Å². The van der Waals surface area contributed by atoms with E-state index in [0.717, 1.165) is 0 Å². The van der Waals surface area contributed by atoms with Crippen molar-refractivity contribution in [2.45, 2.75) is 13.1 Å². The van der Waals surface area contributed by atoms with Gasteiger partial charge in [0, 0.05) is 0 Å². The molecule has 0 unspecified atom stereocenters. The lowest BCUT2D eigenvalue weighted by Crippen LogP contribution is -2.75. The minimum absolute atomic E-state index is 0.444. The predicted octanol–water partition coefficient (Wildman–Crippen LogP) is 1.32. The molecule has 0 radical (unpaired) electrons. The summed E-state index contributed by atoms with van der Waals surface area (Å²) in [6, 6.07) is 25.1. The Labute approximate surface area is 132 Å². The third kappa shape index (κ3) is 1.34. The molecule has 0 aliphatic carbocycles. The minimum Gasteiger partial charge on any atom is -0.0689 e. The van der Waals surface area contributed by atoms with E-state index in [4.69, 9.17) is 0 Å². The highest BCUT2D eigenvalue weighted by Crippen LogP contribution is 2.24. The third-order valence-corrected chi connectivity index (χ3v) is 9.16. The van der Waals surface area contributed by atoms with Gasteiger partial charge < -0.3 is 0 Å². The largest absolute Gasteiger partial charge is 0.242 e. The second kappa shape index (κ2) is 4.02. The maximum absolute atomic E-state index is 2.50. The van der Waals surface area contributed by atoms with E-state index < -0.39 is 8.07 Å². The van der Waals surface area contributed by atoms with E-state index in [2.05, 4.69) is 79.8 Å². The highest BCUT2D eigenvalue weighted by molar-refractivity contribution is 7.15. The topological polar surface area (TPSA) is 0 Å². The van der Waals surface area contributed by atoms with Crippen LogP contribution in [0, 0.1) is 0 Å². The Morgan fingerprint density at radius 3 is 2.14 bits per heavy atom. The van der Waals surface area contributed by atoms with Gasteiger partial charge in [-0.1, -0.05) is 107 Å². The molecule has 0 N–H and O–H groups in total. The maximum Gasteiger partial charge on any atom is 0.242 e. The fourth-order valence-corrected chi connectivity index (χ4v) is 7.81. The van der Waals surface area contributed by atoms with Crippen molar-refractivity contribution >= 4 is 41.5 Å². The zero-order chi connectivity index (χ0) is 14.9. The van der Waals surface area contributed by atoms with Crippen molar-refractivity contribution in [2.75, 3.05) is 0 Å². The Morgan fingerprint density at radius 1 is 0.636 bits per heavy atom. The van der Waals surface area contributed by atoms with E-state index in [1.54, 1.807) is 21.3 Å². The van der Waals surface area contributed by atoms with Gasteiger partial charge in [0.15, 0.2) is 0 Å². The van der Waals surface area contributed by atoms with Gasteiger partial charge in [-0.05, 0) is 11.1 Å². The van der Waals surface area contributed by atoms with E-state index >= 15 is 0 Å². The second-order valence-corrected chi connectivity index (χ2v) is 11.3. The summed E-state index contributed by atoms with van der Waals surface area (Å²) in [5, 5.41) is 3.24. The molecule has 22 heavy (non-hydrogen) atoms. The van der Waals surface area contributed by atoms with Crippen molar-refractivity contribution < 1.29 is 0 Å². The SMILES string of the molecule is C[Si]1(C)c2ccccc2B2c3ccccc3-c3cccc1c32. The first-order chi connectivity index (χ1) is 10.7. The summed E-state index contributed by atoms with van der Waals surface area (Å²) in [5.41, 5.74) is 7.53. The van der Waals surface area contributed by atoms with Gasteiger partial charge in [-0.2, -0.15) is 0 Å². The number of benzene rings is 3. The number of hydrogen-bond acceptors (Lipinski definition) is 0. The zero-order valence-corrected chi connectivity index (χ0v) is 13.9. The summed E-state index contributed by atoms with van der Waals surface area (Å²) in [5.74, 6) is 0. The highest BCUT2D eigenvalue weighted by atomic mass is 28.3. The van der Waals surface area contributed by atoms with Crippen LogP contribution in [0.15, 0.2) is 66.7 Å². The first-order valence-corrected chi connectivity index (χ1v) is 11.0. The molecule has 2 aliphatic heterocycles. The summed E-state index contributed by atoms with van der Waals surface area (Å²) < 4.78 is 0. The lowest BCUT2D eigenvalue weighted by Gasteiger charge is -2.36. The monoisotopic (exact) mass is 296 g/mol. The van der Waals surface area contributed by atoms with Crippen molar-refractivity contribution in [3.05, 3.63) is 66.7 Å². The fraction of sp³-hybridized carbons (Fsp3) is 0.100. The molecule has 2 heterocycles. The van der Waals surface area contributed by atoms with Gasteiger partial charge in [0.25, 0.3) is 0 Å². The molecule has 0 aromatic heterocycles. The summed E-state index contributed by atoms with van der Waals surface area (Å²) in [4.78, 5) is 0. The first kappa shape index (κ1) is 12.5. The zero-order valence-electron chi connectivity index (χ0n) is 12.9. The summed E-state index contributed by atoms with van der Waals surface area (Å²) in [6.07, 6.45) is 0. The first-order valence-electron chi connectivity index (χ1n) is 8.01. The van der Waals surface area contributed by atoms with Crippen molar-refractivity contribution in [1.29, 1.82) is 0 Å². The highest BCUT2D eigenvalue weighted by Gasteiger charge is 2.45. The lowest BCUT2D eigenvalue weighted by molar-refractivity contribution is 1.69. The van der Waals surface area contributed by atoms with E-state index in [-0.39, 0.29) is 0 Å². The van der Waals surface area contributed by atoms with Gasteiger partial charge in [-0.25, -0.2) is 0 Å². The Kier molecular flexibility index (Phi) is 2.28. The quantitative estimate of drug-likeness (QED) is 0.429. The normalized spacial score (nSPS) is 16.0. The molecule has 3 aromatic carbocycles. The Morgan fingerprint density at radius 2 is 1.27 bits per heavy atom. The van der Waals surface area contributed by atoms with E-state index in [9.17, 15) is 0 Å². The molecule has 0 saturated heterocycles. The molecule has 2 heteroatoms. The van der Waals surface area contributed by atoms with Crippen LogP contribution in [0.2, 0.25) is 13.1 Å². The second-order valence-electron chi connectivity index (χ2n) is 7.00. The van der Waals surface area contributed by atoms with Gasteiger partial charge in [0.1, 0.15) is 8.07 Å². The summed E-state index contributed by atoms with van der Waals surface area (Å²) in [7, 11) is -1.60. The molecule has 3 aromatic rings. The van der Waals surface area contributed by atoms with Crippen LogP contribution in [0.1, 0.15) is 0 Å². The average molecular weight is 296 g/mol. The van der Waals surface area contributed by atoms with Crippen LogP contribution in [0.4, 0.5) is 0 Å². The van der Waals surface area contributed by atoms with Crippen molar-refractivity contribution in [2.24, 2.45) is 0 Å². The van der Waals surface area contributed by atoms with Crippen molar-refractivity contribution in [1.82, 2.24) is 0 Å². The molecule has 0 bridgehead atoms. The van der Waals surface area contributed by atoms with Crippen LogP contribution in [-0.4, -0.2) is 14.8 Å². The van der Waals surface area contributed by atoms with E-state index in [0.29, 0.717) is 6.71 Å². The smallest absolute Gasteiger partial charge is 0.0689 e. The van der Waals surface area contributed by atoms with Crippen LogP contribution in [0.5, 0.6) is 0 Å². The third-order valence-electron chi connectivity index (χ3n) is 5.58. The molecule has 0 atom stereocenters. The van der Waals surface area contributed by atoms with Crippen LogP contribution in [0.3, 0.4) is 0 Å². The Hall–Kier alpha value is -2.06. The average Bonchev–Trinajstić information content (AvgIpc) is 2.88. The lowest BCUT2D eigenvalue weighted by atomic mass is 9.38. The van der Waals surface area contributed by atoms with Gasteiger partial charge in [-0.3, -0.25) is 0 Å². The van der Waals surface area contributed by atoms with Crippen LogP contribution < -0.4 is 26.8 Å². The maximum atomic E-state index is 2.50. The summed E-state index contributed by atoms with van der Waals surface area (Å²) >= 11 is 0. The molecular weight excluding hydrogens is 279 g/mol. The molecular formula is C20H17BSi. The Bertz CT molecular complexity index is 926. The van der Waals surface area contributed by atoms with Crippen molar-refractivity contribution in [3.8, 4) is 11.1 Å². The van der Waals surface area contributed by atoms with E-state index in [1.165, 1.54) is 16.6 Å². The molecule has 2 aliphatic rings. The molecule has 0 fully saturated rings. The Balaban J connectivity index is 1.97. The van der Waals surface area contributed by atoms with Gasteiger partial charge in [-0.15, -0.1) is 0 Å². The predicted molar refractivity (Wildman–Crippen MR) is 99.7 cm³/mol. The molecule has 5 rings (SSSR count). The molecule has 0 nitrogen and oxygen atoms in total. The van der Waals surface area contributed by atoms with Crippen molar-refractivity contribution in [3.63, 3.8) is 0 Å². The fourth-order valence-electron chi connectivity index (χ4n) is 4.59. The molecule has 104 valence electrons.